The number of anilines is 2. The SMILES string of the molecule is CC(C)COc1ccccc1NC(=O)CC(=O)Nc1nc(CNS(C)(=O)=O)c(Sc2ncc[nH]2)s1. The van der Waals surface area contributed by atoms with Gasteiger partial charge in [-0.25, -0.2) is 23.1 Å². The third-order valence-corrected chi connectivity index (χ3v) is 6.94. The number of carbonyl (C=O) groups is 2. The molecule has 14 heteroatoms. The number of sulfonamides is 1. The van der Waals surface area contributed by atoms with Gasteiger partial charge in [0.25, 0.3) is 0 Å². The highest BCUT2D eigenvalue weighted by atomic mass is 32.2. The number of nitrogens with zero attached hydrogens (tertiary/aromatic N) is 2. The number of imidazole rings is 1. The first kappa shape index (κ1) is 26.7. The zero-order valence-corrected chi connectivity index (χ0v) is 21.8. The highest BCUT2D eigenvalue weighted by Crippen LogP contribution is 2.36. The number of benzene rings is 1. The molecule has 0 radical (unpaired) electrons. The van der Waals surface area contributed by atoms with Gasteiger partial charge in [-0.2, -0.15) is 0 Å². The number of hydrogen-bond acceptors (Lipinski definition) is 9. The first-order valence-corrected chi connectivity index (χ1v) is 14.0. The van der Waals surface area contributed by atoms with Crippen LogP contribution in [0, 0.1) is 5.92 Å². The van der Waals surface area contributed by atoms with Crippen LogP contribution in [0.5, 0.6) is 5.75 Å². The number of ether oxygens (including phenoxy) is 1. The van der Waals surface area contributed by atoms with Crippen molar-refractivity contribution in [3.63, 3.8) is 0 Å². The number of para-hydroxylation sites is 2. The van der Waals surface area contributed by atoms with Gasteiger partial charge in [-0.05, 0) is 29.8 Å². The molecule has 0 spiro atoms. The van der Waals surface area contributed by atoms with Gasteiger partial charge in [0.1, 0.15) is 12.2 Å². The number of nitrogens with one attached hydrogen (secondary N) is 4. The molecule has 188 valence electrons. The van der Waals surface area contributed by atoms with Crippen molar-refractivity contribution in [2.75, 3.05) is 23.5 Å². The van der Waals surface area contributed by atoms with Crippen molar-refractivity contribution in [1.82, 2.24) is 19.7 Å². The van der Waals surface area contributed by atoms with E-state index in [0.717, 1.165) is 17.6 Å². The Bertz CT molecular complexity index is 1260. The lowest BCUT2D eigenvalue weighted by molar-refractivity contribution is -0.123. The van der Waals surface area contributed by atoms with Crippen molar-refractivity contribution in [2.24, 2.45) is 5.92 Å². The van der Waals surface area contributed by atoms with Gasteiger partial charge in [0.05, 0.1) is 35.0 Å². The van der Waals surface area contributed by atoms with Gasteiger partial charge in [0, 0.05) is 12.4 Å². The van der Waals surface area contributed by atoms with E-state index in [1.807, 2.05) is 13.8 Å². The lowest BCUT2D eigenvalue weighted by atomic mass is 10.2. The normalized spacial score (nSPS) is 11.4. The second-order valence-electron chi connectivity index (χ2n) is 7.82. The lowest BCUT2D eigenvalue weighted by Gasteiger charge is -2.13. The Morgan fingerprint density at radius 2 is 1.94 bits per heavy atom. The fraction of sp³-hybridized carbons (Fsp3) is 0.333. The smallest absolute Gasteiger partial charge is 0.235 e. The van der Waals surface area contributed by atoms with Gasteiger partial charge in [0.15, 0.2) is 10.3 Å². The van der Waals surface area contributed by atoms with Crippen LogP contribution in [-0.2, 0) is 26.2 Å². The van der Waals surface area contributed by atoms with Crippen LogP contribution in [0.1, 0.15) is 26.0 Å². The number of hydrogen-bond donors (Lipinski definition) is 4. The van der Waals surface area contributed by atoms with Crippen LogP contribution in [0.15, 0.2) is 46.0 Å². The topological polar surface area (TPSA) is 155 Å². The van der Waals surface area contributed by atoms with Crippen LogP contribution in [0.2, 0.25) is 0 Å². The predicted octanol–water partition coefficient (Wildman–Crippen LogP) is 3.07. The lowest BCUT2D eigenvalue weighted by Crippen LogP contribution is -2.22. The van der Waals surface area contributed by atoms with Crippen LogP contribution in [0.3, 0.4) is 0 Å². The average molecular weight is 539 g/mol. The van der Waals surface area contributed by atoms with Crippen LogP contribution < -0.4 is 20.1 Å². The molecule has 1 aromatic carbocycles. The summed E-state index contributed by atoms with van der Waals surface area (Å²) in [7, 11) is -3.44. The third-order valence-electron chi connectivity index (χ3n) is 4.13. The molecule has 0 bridgehead atoms. The monoisotopic (exact) mass is 538 g/mol. The van der Waals surface area contributed by atoms with E-state index >= 15 is 0 Å². The summed E-state index contributed by atoms with van der Waals surface area (Å²) in [5.41, 5.74) is 0.907. The largest absolute Gasteiger partial charge is 0.491 e. The minimum atomic E-state index is -3.44. The number of aromatic amines is 1. The molecule has 3 aromatic rings. The van der Waals surface area contributed by atoms with Gasteiger partial charge >= 0.3 is 0 Å². The highest BCUT2D eigenvalue weighted by Gasteiger charge is 2.18. The minimum Gasteiger partial charge on any atom is -0.491 e. The number of amides is 2. The van der Waals surface area contributed by atoms with E-state index in [4.69, 9.17) is 4.74 Å². The maximum Gasteiger partial charge on any atom is 0.235 e. The van der Waals surface area contributed by atoms with Crippen molar-refractivity contribution in [1.29, 1.82) is 0 Å². The summed E-state index contributed by atoms with van der Waals surface area (Å²) in [6.07, 6.45) is 3.86. The highest BCUT2D eigenvalue weighted by molar-refractivity contribution is 8.01. The Morgan fingerprint density at radius 1 is 1.20 bits per heavy atom. The quantitative estimate of drug-likeness (QED) is 0.257. The van der Waals surface area contributed by atoms with Crippen molar-refractivity contribution in [2.45, 2.75) is 36.2 Å². The van der Waals surface area contributed by atoms with Gasteiger partial charge in [-0.1, -0.05) is 37.3 Å². The van der Waals surface area contributed by atoms with Crippen LogP contribution in [0.4, 0.5) is 10.8 Å². The van der Waals surface area contributed by atoms with E-state index in [9.17, 15) is 18.0 Å². The second kappa shape index (κ2) is 12.2. The van der Waals surface area contributed by atoms with Crippen LogP contribution in [-0.4, -0.2) is 48.0 Å². The molecule has 0 aliphatic heterocycles. The van der Waals surface area contributed by atoms with E-state index in [2.05, 4.69) is 30.3 Å². The van der Waals surface area contributed by atoms with Crippen LogP contribution >= 0.6 is 23.1 Å². The summed E-state index contributed by atoms with van der Waals surface area (Å²) < 4.78 is 31.8. The second-order valence-corrected chi connectivity index (χ2v) is 11.9. The molecule has 0 aliphatic carbocycles. The number of thiazole rings is 1. The van der Waals surface area contributed by atoms with Gasteiger partial charge in [-0.3, -0.25) is 9.59 Å². The summed E-state index contributed by atoms with van der Waals surface area (Å²) in [4.78, 5) is 36.4. The molecular weight excluding hydrogens is 512 g/mol. The Morgan fingerprint density at radius 3 is 2.63 bits per heavy atom. The molecule has 2 heterocycles. The molecule has 3 rings (SSSR count). The fourth-order valence-corrected chi connectivity index (χ4v) is 5.06. The average Bonchev–Trinajstić information content (AvgIpc) is 3.41. The summed E-state index contributed by atoms with van der Waals surface area (Å²) >= 11 is 2.41. The summed E-state index contributed by atoms with van der Waals surface area (Å²) in [5, 5.41) is 6.13. The Labute approximate surface area is 211 Å². The Kier molecular flexibility index (Phi) is 9.26. The standard InChI is InChI=1S/C21H26N6O5S3/c1-13(2)12-32-16-7-5-4-6-14(16)25-17(28)10-18(29)27-21-26-15(11-24-35(3,30)31)19(34-21)33-20-22-8-9-23-20/h4-9,13,24H,10-12H2,1-3H3,(H,22,23)(H,25,28)(H,26,27,29). The van der Waals surface area contributed by atoms with E-state index in [-0.39, 0.29) is 11.7 Å². The molecule has 0 unspecified atom stereocenters. The van der Waals surface area contributed by atoms with E-state index in [1.54, 1.807) is 36.7 Å². The molecule has 0 saturated heterocycles. The third kappa shape index (κ3) is 8.98. The van der Waals surface area contributed by atoms with Gasteiger partial charge in [-0.15, -0.1) is 0 Å². The molecule has 0 saturated carbocycles. The van der Waals surface area contributed by atoms with Crippen LogP contribution in [0.25, 0.3) is 0 Å². The summed E-state index contributed by atoms with van der Waals surface area (Å²) in [6.45, 7) is 4.48. The first-order valence-electron chi connectivity index (χ1n) is 10.5. The maximum absolute atomic E-state index is 12.5. The number of H-pyrrole nitrogens is 1. The van der Waals surface area contributed by atoms with Gasteiger partial charge in [0.2, 0.25) is 21.8 Å². The zero-order chi connectivity index (χ0) is 25.4. The molecule has 4 N–H and O–H groups in total. The van der Waals surface area contributed by atoms with Crippen molar-refractivity contribution in [3.8, 4) is 5.75 Å². The molecule has 11 nitrogen and oxygen atoms in total. The molecule has 0 atom stereocenters. The fourth-order valence-electron chi connectivity index (χ4n) is 2.63. The molecule has 2 aromatic heterocycles. The van der Waals surface area contributed by atoms with Crippen molar-refractivity contribution in [3.05, 3.63) is 42.4 Å². The van der Waals surface area contributed by atoms with Crippen molar-refractivity contribution < 1.29 is 22.7 Å². The summed E-state index contributed by atoms with van der Waals surface area (Å²) in [6, 6.07) is 7.01. The summed E-state index contributed by atoms with van der Waals surface area (Å²) in [5.74, 6) is -0.230. The number of rotatable bonds is 12. The van der Waals surface area contributed by atoms with Crippen molar-refractivity contribution >= 4 is 55.8 Å². The number of aromatic nitrogens is 3. The maximum atomic E-state index is 12.5. The van der Waals surface area contributed by atoms with E-state index in [1.165, 1.54) is 11.8 Å². The Balaban J connectivity index is 1.64. The number of carbonyl (C=O) groups excluding carboxylic acids is 2. The first-order chi connectivity index (χ1) is 16.6. The van der Waals surface area contributed by atoms with E-state index in [0.29, 0.717) is 39.0 Å². The predicted molar refractivity (Wildman–Crippen MR) is 135 cm³/mol. The molecular formula is C21H26N6O5S3. The molecule has 35 heavy (non-hydrogen) atoms. The molecule has 0 fully saturated rings. The Hall–Kier alpha value is -2.94. The van der Waals surface area contributed by atoms with Gasteiger partial charge < -0.3 is 20.4 Å². The molecule has 0 aliphatic rings. The van der Waals surface area contributed by atoms with E-state index < -0.39 is 28.3 Å². The molecule has 2 amide bonds. The minimum absolute atomic E-state index is 0.0537. The zero-order valence-electron chi connectivity index (χ0n) is 19.3.